The van der Waals surface area contributed by atoms with Gasteiger partial charge in [0.1, 0.15) is 0 Å². The molecule has 0 fully saturated rings. The summed E-state index contributed by atoms with van der Waals surface area (Å²) in [6, 6.07) is 6.79. The van der Waals surface area contributed by atoms with E-state index in [1.165, 1.54) is 35.3 Å². The highest BCUT2D eigenvalue weighted by atomic mass is 35.5. The first kappa shape index (κ1) is 18.5. The average Bonchev–Trinajstić information content (AvgIpc) is 2.98. The van der Waals surface area contributed by atoms with E-state index in [0.29, 0.717) is 5.69 Å². The first-order valence-corrected chi connectivity index (χ1v) is 8.03. The van der Waals surface area contributed by atoms with Crippen LogP contribution in [0.15, 0.2) is 42.7 Å². The van der Waals surface area contributed by atoms with Crippen molar-refractivity contribution < 1.29 is 17.9 Å². The topological polar surface area (TPSA) is 52.8 Å². The zero-order chi connectivity index (χ0) is 18.9. The maximum Gasteiger partial charge on any atom is 0.429 e. The number of halogens is 5. The minimum atomic E-state index is -4.73. The van der Waals surface area contributed by atoms with Crippen molar-refractivity contribution in [3.8, 4) is 11.6 Å². The number of ether oxygens (including phenoxy) is 1. The summed E-state index contributed by atoms with van der Waals surface area (Å²) < 4.78 is 47.6. The summed E-state index contributed by atoms with van der Waals surface area (Å²) in [5.41, 5.74) is 0.607. The second-order valence-corrected chi connectivity index (χ2v) is 6.23. The molecule has 1 aromatic carbocycles. The molecule has 1 atom stereocenters. The number of benzene rings is 1. The molecule has 3 rings (SSSR count). The summed E-state index contributed by atoms with van der Waals surface area (Å²) in [4.78, 5) is 0. The lowest BCUT2D eigenvalue weighted by molar-refractivity contribution is -0.198. The van der Waals surface area contributed by atoms with Crippen molar-refractivity contribution in [3.05, 3.63) is 64.0 Å². The van der Waals surface area contributed by atoms with Crippen LogP contribution in [0.4, 0.5) is 13.2 Å². The van der Waals surface area contributed by atoms with Gasteiger partial charge in [-0.05, 0) is 25.1 Å². The van der Waals surface area contributed by atoms with Gasteiger partial charge in [0.25, 0.3) is 0 Å². The standard InChI is InChI=1S/C16H11Cl2F3N4O/c1-9-4-5-25(24-9)13-6-10(17)2-3-12(13)15(16(19,20)21)26-14-7-11(18)8-22-23-14/h2-8,15H,1H3/t15-/m1/s1. The van der Waals surface area contributed by atoms with Gasteiger partial charge in [-0.3, -0.25) is 0 Å². The molecular formula is C16H11Cl2F3N4O. The van der Waals surface area contributed by atoms with Crippen molar-refractivity contribution in [2.45, 2.75) is 19.2 Å². The van der Waals surface area contributed by atoms with Gasteiger partial charge in [0.05, 0.1) is 22.6 Å². The Hall–Kier alpha value is -2.32. The van der Waals surface area contributed by atoms with E-state index < -0.39 is 12.3 Å². The van der Waals surface area contributed by atoms with E-state index in [1.54, 1.807) is 13.0 Å². The first-order valence-electron chi connectivity index (χ1n) is 7.28. The number of aryl methyl sites for hydroxylation is 1. The van der Waals surface area contributed by atoms with Crippen LogP contribution in [-0.2, 0) is 0 Å². The summed E-state index contributed by atoms with van der Waals surface area (Å²) in [5.74, 6) is -0.350. The van der Waals surface area contributed by atoms with Crippen LogP contribution >= 0.6 is 23.2 Å². The lowest BCUT2D eigenvalue weighted by Crippen LogP contribution is -2.27. The second-order valence-electron chi connectivity index (χ2n) is 5.36. The molecule has 26 heavy (non-hydrogen) atoms. The molecule has 3 aromatic rings. The molecule has 0 bridgehead atoms. The lowest BCUT2D eigenvalue weighted by atomic mass is 10.1. The fraction of sp³-hybridized carbons (Fsp3) is 0.188. The van der Waals surface area contributed by atoms with E-state index in [1.807, 2.05) is 0 Å². The van der Waals surface area contributed by atoms with Crippen LogP contribution in [-0.4, -0.2) is 26.2 Å². The average molecular weight is 403 g/mol. The zero-order valence-electron chi connectivity index (χ0n) is 13.2. The van der Waals surface area contributed by atoms with Crippen molar-refractivity contribution in [2.24, 2.45) is 0 Å². The predicted octanol–water partition coefficient (Wildman–Crippen LogP) is 4.96. The number of aromatic nitrogens is 4. The Morgan fingerprint density at radius 1 is 1.12 bits per heavy atom. The molecule has 0 aliphatic rings. The lowest BCUT2D eigenvalue weighted by Gasteiger charge is -2.23. The second kappa shape index (κ2) is 7.13. The molecule has 0 amide bonds. The van der Waals surface area contributed by atoms with E-state index in [4.69, 9.17) is 27.9 Å². The fourth-order valence-electron chi connectivity index (χ4n) is 2.30. The summed E-state index contributed by atoms with van der Waals surface area (Å²) in [5, 5.41) is 11.6. The number of nitrogens with zero attached hydrogens (tertiary/aromatic N) is 4. The smallest absolute Gasteiger partial charge is 0.429 e. The minimum Gasteiger partial charge on any atom is -0.459 e. The van der Waals surface area contributed by atoms with Gasteiger partial charge in [-0.2, -0.15) is 23.4 Å². The van der Waals surface area contributed by atoms with Gasteiger partial charge < -0.3 is 4.74 Å². The summed E-state index contributed by atoms with van der Waals surface area (Å²) in [7, 11) is 0. The van der Waals surface area contributed by atoms with Crippen LogP contribution in [0.3, 0.4) is 0 Å². The van der Waals surface area contributed by atoms with E-state index in [9.17, 15) is 13.2 Å². The van der Waals surface area contributed by atoms with Gasteiger partial charge in [0.2, 0.25) is 12.0 Å². The highest BCUT2D eigenvalue weighted by Crippen LogP contribution is 2.39. The third-order valence-electron chi connectivity index (χ3n) is 3.38. The molecule has 10 heteroatoms. The molecule has 0 N–H and O–H groups in total. The molecular weight excluding hydrogens is 392 g/mol. The monoisotopic (exact) mass is 402 g/mol. The van der Waals surface area contributed by atoms with Crippen molar-refractivity contribution >= 4 is 23.2 Å². The molecule has 0 radical (unpaired) electrons. The Bertz CT molecular complexity index is 930. The first-order chi connectivity index (χ1) is 12.2. The largest absolute Gasteiger partial charge is 0.459 e. The summed E-state index contributed by atoms with van der Waals surface area (Å²) >= 11 is 11.7. The molecule has 0 unspecified atom stereocenters. The number of alkyl halides is 3. The summed E-state index contributed by atoms with van der Waals surface area (Å²) in [6.45, 7) is 1.72. The van der Waals surface area contributed by atoms with Crippen LogP contribution in [0.2, 0.25) is 10.0 Å². The Kier molecular flexibility index (Phi) is 5.06. The van der Waals surface area contributed by atoms with Crippen molar-refractivity contribution in [1.82, 2.24) is 20.0 Å². The highest BCUT2D eigenvalue weighted by molar-refractivity contribution is 6.31. The molecule has 2 aromatic heterocycles. The molecule has 0 aliphatic heterocycles. The van der Waals surface area contributed by atoms with Crippen molar-refractivity contribution in [1.29, 1.82) is 0 Å². The van der Waals surface area contributed by atoms with Gasteiger partial charge in [0.15, 0.2) is 0 Å². The third kappa shape index (κ3) is 4.08. The summed E-state index contributed by atoms with van der Waals surface area (Å²) in [6.07, 6.45) is -4.31. The number of hydrogen-bond donors (Lipinski definition) is 0. The van der Waals surface area contributed by atoms with Crippen LogP contribution in [0.25, 0.3) is 5.69 Å². The molecule has 0 saturated carbocycles. The van der Waals surface area contributed by atoms with Crippen molar-refractivity contribution in [3.63, 3.8) is 0 Å². The van der Waals surface area contributed by atoms with E-state index in [0.717, 1.165) is 6.07 Å². The van der Waals surface area contributed by atoms with Gasteiger partial charge in [-0.1, -0.05) is 29.3 Å². The van der Waals surface area contributed by atoms with Gasteiger partial charge in [-0.25, -0.2) is 4.68 Å². The Labute approximate surface area is 156 Å². The maximum absolute atomic E-state index is 13.7. The molecule has 5 nitrogen and oxygen atoms in total. The van der Waals surface area contributed by atoms with Crippen LogP contribution in [0.5, 0.6) is 5.88 Å². The zero-order valence-corrected chi connectivity index (χ0v) is 14.7. The van der Waals surface area contributed by atoms with E-state index in [-0.39, 0.29) is 27.2 Å². The molecule has 0 spiro atoms. The number of rotatable bonds is 4. The van der Waals surface area contributed by atoms with Crippen molar-refractivity contribution in [2.75, 3.05) is 0 Å². The number of hydrogen-bond acceptors (Lipinski definition) is 4. The highest BCUT2D eigenvalue weighted by Gasteiger charge is 2.45. The van der Waals surface area contributed by atoms with E-state index >= 15 is 0 Å². The third-order valence-corrected chi connectivity index (χ3v) is 3.82. The molecule has 136 valence electrons. The Morgan fingerprint density at radius 2 is 1.88 bits per heavy atom. The molecule has 2 heterocycles. The van der Waals surface area contributed by atoms with Gasteiger partial charge in [-0.15, -0.1) is 5.10 Å². The quantitative estimate of drug-likeness (QED) is 0.618. The fourth-order valence-corrected chi connectivity index (χ4v) is 2.60. The Morgan fingerprint density at radius 3 is 2.50 bits per heavy atom. The van der Waals surface area contributed by atoms with Gasteiger partial charge in [0, 0.05) is 22.8 Å². The van der Waals surface area contributed by atoms with Crippen LogP contribution in [0, 0.1) is 6.92 Å². The van der Waals surface area contributed by atoms with E-state index in [2.05, 4.69) is 15.3 Å². The molecule has 0 aliphatic carbocycles. The normalized spacial score (nSPS) is 12.8. The molecule has 0 saturated heterocycles. The minimum absolute atomic E-state index is 0.106. The van der Waals surface area contributed by atoms with Crippen LogP contribution < -0.4 is 4.74 Å². The predicted molar refractivity (Wildman–Crippen MR) is 89.8 cm³/mol. The SMILES string of the molecule is Cc1ccn(-c2cc(Cl)ccc2[C@@H](Oc2cc(Cl)cnn2)C(F)(F)F)n1. The Balaban J connectivity index is 2.10. The maximum atomic E-state index is 13.7. The van der Waals surface area contributed by atoms with Crippen LogP contribution in [0.1, 0.15) is 17.4 Å². The van der Waals surface area contributed by atoms with Gasteiger partial charge >= 0.3 is 6.18 Å².